The van der Waals surface area contributed by atoms with E-state index in [-0.39, 0.29) is 16.9 Å². The van der Waals surface area contributed by atoms with Crippen molar-refractivity contribution in [3.8, 4) is 11.6 Å². The van der Waals surface area contributed by atoms with Gasteiger partial charge in [-0.25, -0.2) is 4.98 Å². The molecule has 19 heavy (non-hydrogen) atoms. The first kappa shape index (κ1) is 13.7. The van der Waals surface area contributed by atoms with Gasteiger partial charge in [0.2, 0.25) is 11.2 Å². The molecule has 0 fully saturated rings. The second-order valence-corrected chi connectivity index (χ2v) is 4.79. The van der Waals surface area contributed by atoms with E-state index in [0.717, 1.165) is 0 Å². The van der Waals surface area contributed by atoms with Gasteiger partial charge >= 0.3 is 0 Å². The molecule has 0 bridgehead atoms. The summed E-state index contributed by atoms with van der Waals surface area (Å²) in [6.45, 7) is 1.71. The molecule has 1 aromatic heterocycles. The standard InChI is InChI=1S/C11H7BrClN3O3/c1-6-4-7(16(17)18)2-3-9(6)19-10-8(12)5-14-11(13)15-10/h2-5H,1H3. The van der Waals surface area contributed by atoms with E-state index in [0.29, 0.717) is 15.8 Å². The van der Waals surface area contributed by atoms with Crippen molar-refractivity contribution in [1.82, 2.24) is 9.97 Å². The summed E-state index contributed by atoms with van der Waals surface area (Å²) in [5.41, 5.74) is 0.625. The quantitative estimate of drug-likeness (QED) is 0.479. The number of ether oxygens (including phenoxy) is 1. The maximum absolute atomic E-state index is 10.6. The molecular weight excluding hydrogens is 337 g/mol. The highest BCUT2D eigenvalue weighted by Gasteiger charge is 2.12. The molecule has 0 saturated carbocycles. The van der Waals surface area contributed by atoms with Crippen LogP contribution in [-0.2, 0) is 0 Å². The third-order valence-electron chi connectivity index (χ3n) is 2.26. The van der Waals surface area contributed by atoms with Crippen molar-refractivity contribution >= 4 is 33.2 Å². The van der Waals surface area contributed by atoms with Crippen LogP contribution in [0.4, 0.5) is 5.69 Å². The predicted octanol–water partition coefficient (Wildman–Crippen LogP) is 3.90. The lowest BCUT2D eigenvalue weighted by atomic mass is 10.2. The first-order valence-corrected chi connectivity index (χ1v) is 6.25. The van der Waals surface area contributed by atoms with Crippen LogP contribution in [0.25, 0.3) is 0 Å². The maximum Gasteiger partial charge on any atom is 0.269 e. The highest BCUT2D eigenvalue weighted by atomic mass is 79.9. The Morgan fingerprint density at radius 1 is 1.47 bits per heavy atom. The van der Waals surface area contributed by atoms with Crippen molar-refractivity contribution in [3.63, 3.8) is 0 Å². The largest absolute Gasteiger partial charge is 0.437 e. The van der Waals surface area contributed by atoms with Crippen molar-refractivity contribution in [2.24, 2.45) is 0 Å². The Labute approximate surface area is 121 Å². The second-order valence-electron chi connectivity index (χ2n) is 3.60. The summed E-state index contributed by atoms with van der Waals surface area (Å²) in [4.78, 5) is 17.9. The van der Waals surface area contributed by atoms with Gasteiger partial charge in [0.25, 0.3) is 5.69 Å². The number of non-ortho nitro benzene ring substituents is 1. The summed E-state index contributed by atoms with van der Waals surface area (Å²) in [7, 11) is 0. The number of aromatic nitrogens is 2. The number of rotatable bonds is 3. The Hall–Kier alpha value is -1.73. The van der Waals surface area contributed by atoms with E-state index in [2.05, 4.69) is 25.9 Å². The molecule has 0 saturated heterocycles. The lowest BCUT2D eigenvalue weighted by Crippen LogP contribution is -1.95. The fourth-order valence-corrected chi connectivity index (χ4v) is 1.77. The van der Waals surface area contributed by atoms with E-state index < -0.39 is 4.92 Å². The number of hydrogen-bond donors (Lipinski definition) is 0. The zero-order chi connectivity index (χ0) is 14.0. The lowest BCUT2D eigenvalue weighted by molar-refractivity contribution is -0.384. The van der Waals surface area contributed by atoms with E-state index in [4.69, 9.17) is 16.3 Å². The highest BCUT2D eigenvalue weighted by molar-refractivity contribution is 9.10. The van der Waals surface area contributed by atoms with Crippen molar-refractivity contribution < 1.29 is 9.66 Å². The van der Waals surface area contributed by atoms with Gasteiger partial charge in [-0.1, -0.05) is 0 Å². The topological polar surface area (TPSA) is 78.2 Å². The zero-order valence-corrected chi connectivity index (χ0v) is 12.0. The van der Waals surface area contributed by atoms with Crippen molar-refractivity contribution in [1.29, 1.82) is 0 Å². The van der Waals surface area contributed by atoms with Gasteiger partial charge in [0.05, 0.1) is 9.40 Å². The Balaban J connectivity index is 2.33. The molecule has 8 heteroatoms. The molecule has 0 amide bonds. The monoisotopic (exact) mass is 343 g/mol. The fourth-order valence-electron chi connectivity index (χ4n) is 1.37. The molecule has 6 nitrogen and oxygen atoms in total. The number of aryl methyl sites for hydroxylation is 1. The van der Waals surface area contributed by atoms with Crippen LogP contribution in [0.1, 0.15) is 5.56 Å². The molecule has 0 aliphatic rings. The van der Waals surface area contributed by atoms with Crippen LogP contribution in [0.15, 0.2) is 28.9 Å². The number of nitro benzene ring substituents is 1. The van der Waals surface area contributed by atoms with Crippen LogP contribution < -0.4 is 4.74 Å². The van der Waals surface area contributed by atoms with Crippen LogP contribution in [0.5, 0.6) is 11.6 Å². The molecule has 0 aliphatic carbocycles. The third kappa shape index (κ3) is 3.18. The Kier molecular flexibility index (Phi) is 3.96. The molecule has 0 spiro atoms. The summed E-state index contributed by atoms with van der Waals surface area (Å²) in [6, 6.07) is 4.29. The zero-order valence-electron chi connectivity index (χ0n) is 9.63. The molecule has 1 heterocycles. The first-order chi connectivity index (χ1) is 8.97. The van der Waals surface area contributed by atoms with Crippen molar-refractivity contribution in [2.75, 3.05) is 0 Å². The van der Waals surface area contributed by atoms with Gasteiger partial charge < -0.3 is 4.74 Å². The van der Waals surface area contributed by atoms with E-state index in [9.17, 15) is 10.1 Å². The minimum atomic E-state index is -0.464. The molecular formula is C11H7BrClN3O3. The molecule has 0 unspecified atom stereocenters. The SMILES string of the molecule is Cc1cc([N+](=O)[O-])ccc1Oc1nc(Cl)ncc1Br. The molecule has 0 atom stereocenters. The highest BCUT2D eigenvalue weighted by Crippen LogP contribution is 2.31. The average molecular weight is 345 g/mol. The summed E-state index contributed by atoms with van der Waals surface area (Å²) in [6.07, 6.45) is 1.46. The Morgan fingerprint density at radius 3 is 2.84 bits per heavy atom. The van der Waals surface area contributed by atoms with Gasteiger partial charge in [-0.15, -0.1) is 0 Å². The van der Waals surface area contributed by atoms with Crippen molar-refractivity contribution in [2.45, 2.75) is 6.92 Å². The van der Waals surface area contributed by atoms with Gasteiger partial charge in [-0.2, -0.15) is 4.98 Å². The van der Waals surface area contributed by atoms with Gasteiger partial charge in [0, 0.05) is 18.3 Å². The average Bonchev–Trinajstić information content (AvgIpc) is 2.36. The lowest BCUT2D eigenvalue weighted by Gasteiger charge is -2.08. The molecule has 1 aromatic carbocycles. The van der Waals surface area contributed by atoms with Gasteiger partial charge in [-0.05, 0) is 46.1 Å². The third-order valence-corrected chi connectivity index (χ3v) is 2.98. The number of nitrogens with zero attached hydrogens (tertiary/aromatic N) is 3. The number of nitro groups is 1. The summed E-state index contributed by atoms with van der Waals surface area (Å²) < 4.78 is 6.09. The Bertz CT molecular complexity index is 651. The molecule has 0 N–H and O–H groups in total. The summed E-state index contributed by atoms with van der Waals surface area (Å²) in [5.74, 6) is 0.706. The Morgan fingerprint density at radius 2 is 2.21 bits per heavy atom. The minimum Gasteiger partial charge on any atom is -0.437 e. The van der Waals surface area contributed by atoms with E-state index in [1.54, 1.807) is 6.92 Å². The smallest absolute Gasteiger partial charge is 0.269 e. The predicted molar refractivity (Wildman–Crippen MR) is 72.6 cm³/mol. The van der Waals surface area contributed by atoms with E-state index in [1.165, 1.54) is 24.4 Å². The fraction of sp³-hybridized carbons (Fsp3) is 0.0909. The van der Waals surface area contributed by atoms with Crippen LogP contribution in [-0.4, -0.2) is 14.9 Å². The van der Waals surface area contributed by atoms with Crippen LogP contribution in [0, 0.1) is 17.0 Å². The minimum absolute atomic E-state index is 0.00429. The van der Waals surface area contributed by atoms with Gasteiger partial charge in [0.1, 0.15) is 5.75 Å². The normalized spacial score (nSPS) is 10.3. The molecule has 0 aliphatic heterocycles. The van der Waals surface area contributed by atoms with Crippen LogP contribution in [0.3, 0.4) is 0 Å². The number of benzene rings is 1. The second kappa shape index (κ2) is 5.50. The van der Waals surface area contributed by atoms with E-state index >= 15 is 0 Å². The van der Waals surface area contributed by atoms with Gasteiger partial charge in [-0.3, -0.25) is 10.1 Å². The van der Waals surface area contributed by atoms with Crippen LogP contribution in [0.2, 0.25) is 5.28 Å². The molecule has 2 aromatic rings. The van der Waals surface area contributed by atoms with Crippen LogP contribution >= 0.6 is 27.5 Å². The van der Waals surface area contributed by atoms with Crippen molar-refractivity contribution in [3.05, 3.63) is 49.8 Å². The van der Waals surface area contributed by atoms with Gasteiger partial charge in [0.15, 0.2) is 0 Å². The summed E-state index contributed by atoms with van der Waals surface area (Å²) in [5, 5.41) is 10.7. The van der Waals surface area contributed by atoms with E-state index in [1.807, 2.05) is 0 Å². The maximum atomic E-state index is 10.6. The molecule has 98 valence electrons. The molecule has 0 radical (unpaired) electrons. The molecule has 2 rings (SSSR count). The first-order valence-electron chi connectivity index (χ1n) is 5.08. The number of hydrogen-bond acceptors (Lipinski definition) is 5. The number of halogens is 2. The summed E-state index contributed by atoms with van der Waals surface area (Å²) >= 11 is 8.91.